The monoisotopic (exact) mass is 411 g/mol. The molecule has 4 rings (SSSR count). The number of para-hydroxylation sites is 1. The predicted octanol–water partition coefficient (Wildman–Crippen LogP) is 4.33. The van der Waals surface area contributed by atoms with Crippen LogP contribution in [-0.4, -0.2) is 34.9 Å². The fraction of sp³-hybridized carbons (Fsp3) is 0.286. The maximum Gasteiger partial charge on any atom is 0.271 e. The van der Waals surface area contributed by atoms with Gasteiger partial charge >= 0.3 is 0 Å². The van der Waals surface area contributed by atoms with Crippen LogP contribution >= 0.6 is 23.5 Å². The molecule has 2 aromatic rings. The molecule has 1 atom stereocenters. The summed E-state index contributed by atoms with van der Waals surface area (Å²) in [4.78, 5) is 24.9. The maximum absolute atomic E-state index is 12.8. The van der Waals surface area contributed by atoms with Crippen molar-refractivity contribution in [3.05, 3.63) is 60.2 Å². The Kier molecular flexibility index (Phi) is 5.73. The Morgan fingerprint density at radius 3 is 2.54 bits per heavy atom. The molecule has 5 nitrogen and oxygen atoms in total. The second-order valence-electron chi connectivity index (χ2n) is 6.71. The minimum absolute atomic E-state index is 0.00677. The average molecular weight is 412 g/mol. The Bertz CT molecular complexity index is 911. The highest BCUT2D eigenvalue weighted by Gasteiger charge is 2.34. The average Bonchev–Trinajstić information content (AvgIpc) is 3.39. The van der Waals surface area contributed by atoms with Gasteiger partial charge in [0.2, 0.25) is 0 Å². The van der Waals surface area contributed by atoms with Crippen LogP contribution in [0.25, 0.3) is 0 Å². The third kappa shape index (κ3) is 4.10. The topological polar surface area (TPSA) is 61.8 Å². The van der Waals surface area contributed by atoms with Crippen LogP contribution in [0.15, 0.2) is 59.7 Å². The second-order valence-corrected chi connectivity index (χ2v) is 9.43. The molecular weight excluding hydrogens is 390 g/mol. The third-order valence-electron chi connectivity index (χ3n) is 4.70. The zero-order valence-electron chi connectivity index (χ0n) is 15.5. The van der Waals surface area contributed by atoms with Crippen LogP contribution in [0.4, 0.5) is 11.4 Å². The van der Waals surface area contributed by atoms with Crippen LogP contribution in [0.5, 0.6) is 0 Å². The highest BCUT2D eigenvalue weighted by atomic mass is 32.2. The van der Waals surface area contributed by atoms with Crippen LogP contribution in [0.3, 0.4) is 0 Å². The molecule has 7 heteroatoms. The van der Waals surface area contributed by atoms with Crippen molar-refractivity contribution in [3.63, 3.8) is 0 Å². The van der Waals surface area contributed by atoms with Gasteiger partial charge in [-0.05, 0) is 36.8 Å². The van der Waals surface area contributed by atoms with E-state index < -0.39 is 6.04 Å². The maximum atomic E-state index is 12.8. The summed E-state index contributed by atoms with van der Waals surface area (Å²) in [7, 11) is 0. The zero-order valence-corrected chi connectivity index (χ0v) is 17.1. The van der Waals surface area contributed by atoms with Gasteiger partial charge in [-0.25, -0.2) is 0 Å². The van der Waals surface area contributed by atoms with Gasteiger partial charge in [-0.15, -0.1) is 23.5 Å². The molecule has 1 N–H and O–H groups in total. The first-order chi connectivity index (χ1) is 13.6. The van der Waals surface area contributed by atoms with Crippen molar-refractivity contribution in [2.45, 2.75) is 24.0 Å². The van der Waals surface area contributed by atoms with Crippen LogP contribution in [0, 0.1) is 0 Å². The molecule has 2 heterocycles. The molecule has 1 saturated heterocycles. The summed E-state index contributed by atoms with van der Waals surface area (Å²) in [5, 5.41) is 9.07. The molecule has 0 unspecified atom stereocenters. The first-order valence-corrected chi connectivity index (χ1v) is 11.3. The van der Waals surface area contributed by atoms with E-state index in [4.69, 9.17) is 0 Å². The van der Waals surface area contributed by atoms with Gasteiger partial charge in [0.1, 0.15) is 11.8 Å². The number of hydrogen-bond acceptors (Lipinski definition) is 6. The zero-order chi connectivity index (χ0) is 19.5. The van der Waals surface area contributed by atoms with Crippen molar-refractivity contribution in [1.82, 2.24) is 0 Å². The van der Waals surface area contributed by atoms with E-state index >= 15 is 0 Å². The van der Waals surface area contributed by atoms with Crippen LogP contribution < -0.4 is 10.3 Å². The summed E-state index contributed by atoms with van der Waals surface area (Å²) < 4.78 is 0.427. The minimum Gasteiger partial charge on any atom is -0.321 e. The number of Topliss-reactive ketones (excluding diaryl/α,β-unsaturated/α-hetero) is 1. The lowest BCUT2D eigenvalue weighted by molar-refractivity contribution is -0.118. The lowest BCUT2D eigenvalue weighted by Crippen LogP contribution is -2.33. The van der Waals surface area contributed by atoms with E-state index in [1.807, 2.05) is 72.1 Å². The van der Waals surface area contributed by atoms with Crippen molar-refractivity contribution in [2.24, 2.45) is 5.10 Å². The van der Waals surface area contributed by atoms with Crippen molar-refractivity contribution >= 4 is 52.3 Å². The Balaban J connectivity index is 1.51. The van der Waals surface area contributed by atoms with Crippen molar-refractivity contribution < 1.29 is 9.59 Å². The fourth-order valence-electron chi connectivity index (χ4n) is 3.30. The van der Waals surface area contributed by atoms with Gasteiger partial charge in [-0.1, -0.05) is 30.3 Å². The third-order valence-corrected chi connectivity index (χ3v) is 7.81. The number of ketones is 1. The molecule has 28 heavy (non-hydrogen) atoms. The van der Waals surface area contributed by atoms with Gasteiger partial charge in [0.15, 0.2) is 5.78 Å². The van der Waals surface area contributed by atoms with Gasteiger partial charge in [-0.3, -0.25) is 14.6 Å². The van der Waals surface area contributed by atoms with E-state index in [2.05, 4.69) is 16.5 Å². The van der Waals surface area contributed by atoms with Crippen LogP contribution in [0.2, 0.25) is 0 Å². The Morgan fingerprint density at radius 2 is 1.82 bits per heavy atom. The molecule has 2 aliphatic heterocycles. The second kappa shape index (κ2) is 8.41. The number of anilines is 2. The molecule has 0 saturated carbocycles. The smallest absolute Gasteiger partial charge is 0.271 e. The van der Waals surface area contributed by atoms with E-state index in [0.717, 1.165) is 22.9 Å². The van der Waals surface area contributed by atoms with E-state index in [-0.39, 0.29) is 11.7 Å². The Hall–Kier alpha value is -2.25. The normalized spacial score (nSPS) is 19.5. The van der Waals surface area contributed by atoms with Gasteiger partial charge in [0, 0.05) is 23.6 Å². The highest BCUT2D eigenvalue weighted by Crippen LogP contribution is 2.45. The van der Waals surface area contributed by atoms with Gasteiger partial charge < -0.3 is 5.32 Å². The molecule has 0 aliphatic carbocycles. The van der Waals surface area contributed by atoms with Gasteiger partial charge in [0.25, 0.3) is 5.91 Å². The quantitative estimate of drug-likeness (QED) is 0.794. The number of thioether (sulfide) groups is 2. The van der Waals surface area contributed by atoms with Crippen molar-refractivity contribution in [3.8, 4) is 0 Å². The molecule has 2 aliphatic rings. The summed E-state index contributed by atoms with van der Waals surface area (Å²) >= 11 is 3.86. The number of hydrazone groups is 1. The van der Waals surface area contributed by atoms with E-state index in [1.54, 1.807) is 5.01 Å². The predicted molar refractivity (Wildman–Crippen MR) is 118 cm³/mol. The van der Waals surface area contributed by atoms with E-state index in [1.165, 1.54) is 12.5 Å². The number of carbonyl (C=O) groups is 2. The first kappa shape index (κ1) is 19.1. The molecule has 2 aromatic carbocycles. The fourth-order valence-corrected chi connectivity index (χ4v) is 6.14. The molecule has 1 amide bonds. The largest absolute Gasteiger partial charge is 0.321 e. The summed E-state index contributed by atoms with van der Waals surface area (Å²) in [6, 6.07) is 17.0. The molecule has 144 valence electrons. The number of carbonyl (C=O) groups excluding carboxylic acids is 2. The molecule has 1 fully saturated rings. The Labute approximate surface area is 173 Å². The minimum atomic E-state index is -0.444. The van der Waals surface area contributed by atoms with Gasteiger partial charge in [-0.2, -0.15) is 5.10 Å². The number of amides is 1. The summed E-state index contributed by atoms with van der Waals surface area (Å²) in [5.74, 6) is 2.05. The molecule has 0 aromatic heterocycles. The summed E-state index contributed by atoms with van der Waals surface area (Å²) in [6.45, 7) is 1.54. The summed E-state index contributed by atoms with van der Waals surface area (Å²) in [5.41, 5.74) is 3.16. The molecular formula is C21H21N3O2S2. The number of hydrogen-bond donors (Lipinski definition) is 1. The van der Waals surface area contributed by atoms with Crippen molar-refractivity contribution in [1.29, 1.82) is 0 Å². The van der Waals surface area contributed by atoms with Crippen LogP contribution in [0.1, 0.15) is 23.5 Å². The van der Waals surface area contributed by atoms with E-state index in [0.29, 0.717) is 16.7 Å². The summed E-state index contributed by atoms with van der Waals surface area (Å²) in [6.07, 6.45) is 0.310. The first-order valence-electron chi connectivity index (χ1n) is 9.18. The lowest BCUT2D eigenvalue weighted by atomic mass is 10.1. The number of rotatable bonds is 5. The lowest BCUT2D eigenvalue weighted by Gasteiger charge is -2.20. The van der Waals surface area contributed by atoms with Crippen molar-refractivity contribution in [2.75, 3.05) is 21.8 Å². The number of benzene rings is 2. The van der Waals surface area contributed by atoms with Gasteiger partial charge in [0.05, 0.1) is 10.3 Å². The Morgan fingerprint density at radius 1 is 1.07 bits per heavy atom. The molecule has 0 spiro atoms. The van der Waals surface area contributed by atoms with Crippen LogP contribution in [-0.2, 0) is 9.59 Å². The number of nitrogens with zero attached hydrogens (tertiary/aromatic N) is 2. The highest BCUT2D eigenvalue weighted by molar-refractivity contribution is 8.19. The molecule has 0 bridgehead atoms. The number of nitrogens with one attached hydrogen (secondary N) is 1. The SMILES string of the molecule is CC(=O)[C@H]1CC(C(=O)Nc2cccc(C3SCCS3)c2)=NN1c1ccccc1. The standard InChI is InChI=1S/C21H21N3O2S2/c1-14(25)19-13-18(23-24(19)17-8-3-2-4-9-17)20(26)22-16-7-5-6-15(12-16)21-27-10-11-28-21/h2-9,12,19,21H,10-11,13H2,1H3,(H,22,26)/t19-/m1/s1. The van der Waals surface area contributed by atoms with E-state index in [9.17, 15) is 9.59 Å². The molecule has 0 radical (unpaired) electrons.